The maximum atomic E-state index is 14.1. The number of aromatic amines is 1. The van der Waals surface area contributed by atoms with Gasteiger partial charge >= 0.3 is 6.09 Å². The van der Waals surface area contributed by atoms with E-state index in [-0.39, 0.29) is 61.1 Å². The van der Waals surface area contributed by atoms with Gasteiger partial charge in [0.15, 0.2) is 12.2 Å². The third-order valence-corrected chi connectivity index (χ3v) is 10.0. The molecule has 1 aromatic heterocycles. The van der Waals surface area contributed by atoms with Crippen LogP contribution in [0, 0.1) is 11.8 Å². The van der Waals surface area contributed by atoms with Gasteiger partial charge in [-0.3, -0.25) is 4.99 Å². The molecule has 13 heteroatoms. The molecule has 1 amide bonds. The molecule has 0 saturated carbocycles. The number of aliphatic hydroxyl groups excluding tert-OH is 1. The minimum Gasteiger partial charge on any atom is -0.494 e. The third-order valence-electron chi connectivity index (χ3n) is 8.20. The van der Waals surface area contributed by atoms with E-state index >= 15 is 0 Å². The smallest absolute Gasteiger partial charge is 0.407 e. The van der Waals surface area contributed by atoms with Crippen LogP contribution in [0.1, 0.15) is 45.2 Å². The number of aliphatic imine (C=N–C) groups is 1. The normalized spacial score (nSPS) is 21.4. The van der Waals surface area contributed by atoms with Crippen molar-refractivity contribution in [2.75, 3.05) is 26.3 Å². The van der Waals surface area contributed by atoms with Crippen LogP contribution >= 0.6 is 0 Å². The molecule has 0 aliphatic carbocycles. The van der Waals surface area contributed by atoms with Crippen LogP contribution < -0.4 is 5.32 Å². The number of hydrogen-bond acceptors (Lipinski definition) is 9. The molecule has 0 spiro atoms. The molecule has 0 radical (unpaired) electrons. The topological polar surface area (TPSA) is 163 Å². The summed E-state index contributed by atoms with van der Waals surface area (Å²) in [5.41, 5.74) is 1.81. The summed E-state index contributed by atoms with van der Waals surface area (Å²) in [5, 5.41) is 25.4. The number of amides is 1. The number of nitrogens with one attached hydrogen (secondary N) is 2. The number of alkyl carbamates (subject to hydrolysis) is 1. The van der Waals surface area contributed by atoms with Crippen molar-refractivity contribution in [3.8, 4) is 5.88 Å². The number of carbonyl (C=O) groups excluding carboxylic acids is 1. The fourth-order valence-electron chi connectivity index (χ4n) is 5.88. The van der Waals surface area contributed by atoms with Crippen LogP contribution in [0.3, 0.4) is 0 Å². The van der Waals surface area contributed by atoms with Crippen LogP contribution in [0.4, 0.5) is 4.79 Å². The molecule has 5 atom stereocenters. The molecule has 3 heterocycles. The maximum Gasteiger partial charge on any atom is 0.407 e. The van der Waals surface area contributed by atoms with Crippen molar-refractivity contribution < 1.29 is 37.6 Å². The lowest BCUT2D eigenvalue weighted by molar-refractivity contribution is -0.0907. The highest BCUT2D eigenvalue weighted by molar-refractivity contribution is 7.89. The summed E-state index contributed by atoms with van der Waals surface area (Å²) in [5.74, 6) is -0.221. The van der Waals surface area contributed by atoms with Crippen LogP contribution in [-0.4, -0.2) is 97.1 Å². The van der Waals surface area contributed by atoms with Gasteiger partial charge in [-0.25, -0.2) is 13.2 Å². The number of ether oxygens (including phenoxy) is 3. The first-order valence-corrected chi connectivity index (χ1v) is 17.2. The Morgan fingerprint density at radius 2 is 1.91 bits per heavy atom. The first-order chi connectivity index (χ1) is 21.9. The Balaban J connectivity index is 1.39. The van der Waals surface area contributed by atoms with E-state index < -0.39 is 34.4 Å². The Bertz CT molecular complexity index is 1630. The lowest BCUT2D eigenvalue weighted by Gasteiger charge is -2.31. The second kappa shape index (κ2) is 14.5. The lowest BCUT2D eigenvalue weighted by atomic mass is 10.0. The van der Waals surface area contributed by atoms with Gasteiger partial charge in [-0.15, -0.1) is 0 Å². The molecule has 0 bridgehead atoms. The van der Waals surface area contributed by atoms with Gasteiger partial charge in [-0.1, -0.05) is 44.2 Å². The van der Waals surface area contributed by atoms with Crippen molar-refractivity contribution in [1.29, 1.82) is 0 Å². The zero-order valence-corrected chi connectivity index (χ0v) is 27.4. The Hall–Kier alpha value is -3.49. The van der Waals surface area contributed by atoms with Crippen LogP contribution in [0.25, 0.3) is 10.9 Å². The summed E-state index contributed by atoms with van der Waals surface area (Å²) in [6.45, 7) is 8.20. The van der Waals surface area contributed by atoms with Gasteiger partial charge in [0.25, 0.3) is 0 Å². The van der Waals surface area contributed by atoms with Gasteiger partial charge in [-0.2, -0.15) is 4.31 Å². The minimum atomic E-state index is -4.13. The summed E-state index contributed by atoms with van der Waals surface area (Å²) in [4.78, 5) is 20.3. The molecule has 2 saturated heterocycles. The summed E-state index contributed by atoms with van der Waals surface area (Å²) in [7, 11) is -4.13. The number of sulfonamides is 1. The molecule has 2 fully saturated rings. The molecule has 12 nitrogen and oxygen atoms in total. The molecule has 2 aliphatic rings. The van der Waals surface area contributed by atoms with E-state index in [1.54, 1.807) is 6.07 Å². The molecular weight excluding hydrogens is 612 g/mol. The molecule has 2 aliphatic heterocycles. The van der Waals surface area contributed by atoms with Gasteiger partial charge in [0.2, 0.25) is 10.0 Å². The molecule has 46 heavy (non-hydrogen) atoms. The largest absolute Gasteiger partial charge is 0.494 e. The first kappa shape index (κ1) is 33.9. The number of fused-ring (bicyclic) bond motifs is 2. The minimum absolute atomic E-state index is 0.00703. The van der Waals surface area contributed by atoms with Crippen molar-refractivity contribution in [2.24, 2.45) is 16.8 Å². The van der Waals surface area contributed by atoms with E-state index in [1.165, 1.54) is 22.7 Å². The number of aliphatic hydroxyl groups is 1. The van der Waals surface area contributed by atoms with Crippen molar-refractivity contribution in [1.82, 2.24) is 14.6 Å². The number of benzene rings is 2. The van der Waals surface area contributed by atoms with Gasteiger partial charge < -0.3 is 34.7 Å². The quantitative estimate of drug-likeness (QED) is 0.202. The second-order valence-electron chi connectivity index (χ2n) is 12.7. The Morgan fingerprint density at radius 3 is 2.63 bits per heavy atom. The monoisotopic (exact) mass is 656 g/mol. The first-order valence-electron chi connectivity index (χ1n) is 15.7. The average molecular weight is 657 g/mol. The third kappa shape index (κ3) is 7.89. The summed E-state index contributed by atoms with van der Waals surface area (Å²) < 4.78 is 46.4. The highest BCUT2D eigenvalue weighted by Gasteiger charge is 2.44. The van der Waals surface area contributed by atoms with Crippen LogP contribution in [0.2, 0.25) is 0 Å². The van der Waals surface area contributed by atoms with Crippen LogP contribution in [0.15, 0.2) is 58.4 Å². The second-order valence-corrected chi connectivity index (χ2v) is 14.6. The molecule has 250 valence electrons. The van der Waals surface area contributed by atoms with Crippen molar-refractivity contribution >= 4 is 33.2 Å². The molecule has 4 N–H and O–H groups in total. The molecule has 5 unspecified atom stereocenters. The van der Waals surface area contributed by atoms with E-state index in [2.05, 4.69) is 15.3 Å². The highest BCUT2D eigenvalue weighted by Crippen LogP contribution is 2.33. The predicted octanol–water partition coefficient (Wildman–Crippen LogP) is 3.81. The number of rotatable bonds is 13. The van der Waals surface area contributed by atoms with Crippen molar-refractivity contribution in [3.05, 3.63) is 59.7 Å². The average Bonchev–Trinajstić information content (AvgIpc) is 3.70. The standard InChI is InChI=1S/C33H44N4O8S/c1-20(2)17-37(46(41,42)23-10-11-27-25(15-23)26(31(39)35-27)16-34-21(3)4)18-29(38)28(14-22-8-6-5-7-9-22)36-33(40)45-30-19-44-32-24(30)12-13-43-32/h5-11,15-16,20-21,24,28-30,32,35,38-39H,12-14,17-19H2,1-4H3,(H,36,40). The van der Waals surface area contributed by atoms with Crippen LogP contribution in [-0.2, 0) is 30.7 Å². The van der Waals surface area contributed by atoms with Gasteiger partial charge in [0.1, 0.15) is 6.10 Å². The van der Waals surface area contributed by atoms with Gasteiger partial charge in [0, 0.05) is 36.2 Å². The number of H-pyrrole nitrogens is 1. The van der Waals surface area contributed by atoms with E-state index in [9.17, 15) is 23.4 Å². The zero-order valence-electron chi connectivity index (χ0n) is 26.6. The SMILES string of the molecule is CC(C)CN(CC(O)C(Cc1ccccc1)NC(=O)OC1COC2OCCC12)S(=O)(=O)c1ccc2[nH]c(O)c(C=NC(C)C)c2c1. The fraction of sp³-hybridized carbons (Fsp3) is 0.515. The summed E-state index contributed by atoms with van der Waals surface area (Å²) in [6.07, 6.45) is -0.354. The number of carbonyl (C=O) groups is 1. The predicted molar refractivity (Wildman–Crippen MR) is 173 cm³/mol. The van der Waals surface area contributed by atoms with E-state index in [1.807, 2.05) is 58.0 Å². The van der Waals surface area contributed by atoms with Crippen LogP contribution in [0.5, 0.6) is 5.88 Å². The fourth-order valence-corrected chi connectivity index (χ4v) is 7.53. The lowest BCUT2D eigenvalue weighted by Crippen LogP contribution is -2.51. The van der Waals surface area contributed by atoms with E-state index in [0.29, 0.717) is 23.1 Å². The number of aromatic hydroxyl groups is 1. The highest BCUT2D eigenvalue weighted by atomic mass is 32.2. The zero-order chi connectivity index (χ0) is 33.0. The number of hydrogen-bond donors (Lipinski definition) is 4. The number of nitrogens with zero attached hydrogens (tertiary/aromatic N) is 2. The molecule has 3 aromatic rings. The molecule has 5 rings (SSSR count). The Labute approximate surface area is 269 Å². The van der Waals surface area contributed by atoms with Crippen molar-refractivity contribution in [2.45, 2.75) is 76.0 Å². The Morgan fingerprint density at radius 1 is 1.15 bits per heavy atom. The van der Waals surface area contributed by atoms with Gasteiger partial charge in [0.05, 0.1) is 41.7 Å². The number of aromatic nitrogens is 1. The summed E-state index contributed by atoms with van der Waals surface area (Å²) >= 11 is 0. The van der Waals surface area contributed by atoms with Crippen molar-refractivity contribution in [3.63, 3.8) is 0 Å². The maximum absolute atomic E-state index is 14.1. The van der Waals surface area contributed by atoms with Gasteiger partial charge in [-0.05, 0) is 56.4 Å². The van der Waals surface area contributed by atoms with E-state index in [0.717, 1.165) is 12.0 Å². The molecular formula is C33H44N4O8S. The summed E-state index contributed by atoms with van der Waals surface area (Å²) in [6, 6.07) is 13.0. The Kier molecular flexibility index (Phi) is 10.7. The molecule has 2 aromatic carbocycles. The van der Waals surface area contributed by atoms with E-state index in [4.69, 9.17) is 14.2 Å².